The number of hydrogen-bond donors (Lipinski definition) is 2. The summed E-state index contributed by atoms with van der Waals surface area (Å²) in [4.78, 5) is 25.1. The molecule has 2 aromatic carbocycles. The lowest BCUT2D eigenvalue weighted by Gasteiger charge is -2.12. The maximum absolute atomic E-state index is 12.1. The summed E-state index contributed by atoms with van der Waals surface area (Å²) in [5.41, 5.74) is 8.15. The van der Waals surface area contributed by atoms with Gasteiger partial charge in [0.1, 0.15) is 5.75 Å². The van der Waals surface area contributed by atoms with E-state index in [0.717, 1.165) is 5.56 Å². The summed E-state index contributed by atoms with van der Waals surface area (Å²) < 4.78 is 5.44. The summed E-state index contributed by atoms with van der Waals surface area (Å²) in [6.45, 7) is -0.0440. The number of rotatable bonds is 7. The average molecular weight is 378 g/mol. The van der Waals surface area contributed by atoms with E-state index in [4.69, 9.17) is 10.5 Å². The van der Waals surface area contributed by atoms with Gasteiger partial charge in [-0.2, -0.15) is 0 Å². The topological polar surface area (TPSA) is 84.7 Å². The molecule has 0 fully saturated rings. The van der Waals surface area contributed by atoms with E-state index < -0.39 is 0 Å². The largest absolute Gasteiger partial charge is 0.484 e. The van der Waals surface area contributed by atoms with Gasteiger partial charge in [-0.1, -0.05) is 24.3 Å². The van der Waals surface area contributed by atoms with Crippen LogP contribution in [0.4, 0.5) is 11.4 Å². The Labute approximate surface area is 159 Å². The summed E-state index contributed by atoms with van der Waals surface area (Å²) in [6, 6.07) is 14.5. The molecule has 2 aromatic rings. The van der Waals surface area contributed by atoms with Crippen LogP contribution < -0.4 is 15.8 Å². The number of para-hydroxylation sites is 1. The number of ether oxygens (including phenoxy) is 1. The minimum Gasteiger partial charge on any atom is -0.484 e. The second-order valence-corrected chi connectivity index (χ2v) is 5.85. The van der Waals surface area contributed by atoms with Gasteiger partial charge in [0.15, 0.2) is 6.61 Å². The molecule has 2 amide bonds. The third-order valence-corrected chi connectivity index (χ3v) is 3.66. The zero-order chi connectivity index (χ0) is 18.2. The predicted octanol–water partition coefficient (Wildman–Crippen LogP) is 2.73. The highest BCUT2D eigenvalue weighted by atomic mass is 35.5. The number of carbonyl (C=O) groups is 2. The van der Waals surface area contributed by atoms with Crippen LogP contribution in [0, 0.1) is 0 Å². The Hall–Kier alpha value is -2.73. The first-order valence-corrected chi connectivity index (χ1v) is 8.02. The van der Waals surface area contributed by atoms with Gasteiger partial charge in [0.2, 0.25) is 5.91 Å². The molecule has 140 valence electrons. The van der Waals surface area contributed by atoms with Crippen molar-refractivity contribution in [1.82, 2.24) is 4.90 Å². The number of carbonyl (C=O) groups excluding carboxylic acids is 2. The van der Waals surface area contributed by atoms with Crippen LogP contribution in [0.1, 0.15) is 12.0 Å². The van der Waals surface area contributed by atoms with Gasteiger partial charge in [0.05, 0.1) is 0 Å². The van der Waals surface area contributed by atoms with Crippen molar-refractivity contribution in [2.24, 2.45) is 0 Å². The molecule has 6 nitrogen and oxygen atoms in total. The van der Waals surface area contributed by atoms with Crippen molar-refractivity contribution in [2.75, 3.05) is 31.8 Å². The van der Waals surface area contributed by atoms with E-state index >= 15 is 0 Å². The monoisotopic (exact) mass is 377 g/mol. The Morgan fingerprint density at radius 1 is 1.12 bits per heavy atom. The van der Waals surface area contributed by atoms with Gasteiger partial charge in [0, 0.05) is 38.0 Å². The van der Waals surface area contributed by atoms with Crippen LogP contribution in [0.5, 0.6) is 5.75 Å². The SMILES string of the molecule is CN(C)C(=O)COc1cccc(NC(=O)CCc2ccccc2N)c1.Cl. The van der Waals surface area contributed by atoms with Crippen LogP contribution in [0.3, 0.4) is 0 Å². The number of aryl methyl sites for hydroxylation is 1. The van der Waals surface area contributed by atoms with Gasteiger partial charge in [-0.05, 0) is 30.2 Å². The van der Waals surface area contributed by atoms with Gasteiger partial charge >= 0.3 is 0 Å². The van der Waals surface area contributed by atoms with Crippen molar-refractivity contribution in [2.45, 2.75) is 12.8 Å². The number of hydrogen-bond acceptors (Lipinski definition) is 4. The molecule has 0 atom stereocenters. The number of halogens is 1. The van der Waals surface area contributed by atoms with Crippen molar-refractivity contribution < 1.29 is 14.3 Å². The standard InChI is InChI=1S/C19H23N3O3.ClH/c1-22(2)19(24)13-25-16-8-5-7-15(12-16)21-18(23)11-10-14-6-3-4-9-17(14)20;/h3-9,12H,10-11,13,20H2,1-2H3,(H,21,23);1H. The third kappa shape index (κ3) is 6.64. The molecule has 0 aliphatic heterocycles. The molecular formula is C19H24ClN3O3. The Morgan fingerprint density at radius 3 is 2.54 bits per heavy atom. The predicted molar refractivity (Wildman–Crippen MR) is 106 cm³/mol. The maximum atomic E-state index is 12.1. The number of likely N-dealkylation sites (N-methyl/N-ethyl adjacent to an activating group) is 1. The van der Waals surface area contributed by atoms with Gasteiger partial charge in [-0.15, -0.1) is 12.4 Å². The second kappa shape index (κ2) is 10.3. The van der Waals surface area contributed by atoms with Crippen LogP contribution in [0.25, 0.3) is 0 Å². The number of amides is 2. The van der Waals surface area contributed by atoms with Gasteiger partial charge < -0.3 is 20.7 Å². The van der Waals surface area contributed by atoms with Gasteiger partial charge in [0.25, 0.3) is 5.91 Å². The van der Waals surface area contributed by atoms with Crippen LogP contribution in [-0.2, 0) is 16.0 Å². The fourth-order valence-electron chi connectivity index (χ4n) is 2.17. The molecule has 0 bridgehead atoms. The minimum absolute atomic E-state index is 0. The fraction of sp³-hybridized carbons (Fsp3) is 0.263. The number of anilines is 2. The molecule has 0 radical (unpaired) electrons. The second-order valence-electron chi connectivity index (χ2n) is 5.85. The molecule has 2 rings (SSSR count). The van der Waals surface area contributed by atoms with E-state index in [1.165, 1.54) is 4.90 Å². The Kier molecular flexibility index (Phi) is 8.45. The quantitative estimate of drug-likeness (QED) is 0.726. The number of benzene rings is 2. The summed E-state index contributed by atoms with van der Waals surface area (Å²) in [7, 11) is 3.34. The molecule has 26 heavy (non-hydrogen) atoms. The zero-order valence-corrected chi connectivity index (χ0v) is 15.7. The lowest BCUT2D eigenvalue weighted by atomic mass is 10.1. The molecule has 0 aliphatic rings. The highest BCUT2D eigenvalue weighted by Gasteiger charge is 2.08. The molecule has 7 heteroatoms. The average Bonchev–Trinajstić information content (AvgIpc) is 2.59. The maximum Gasteiger partial charge on any atom is 0.259 e. The van der Waals surface area contributed by atoms with Crippen LogP contribution >= 0.6 is 12.4 Å². The molecular weight excluding hydrogens is 354 g/mol. The first-order chi connectivity index (χ1) is 12.0. The van der Waals surface area contributed by atoms with E-state index in [9.17, 15) is 9.59 Å². The lowest BCUT2D eigenvalue weighted by molar-refractivity contribution is -0.130. The first kappa shape index (κ1) is 21.3. The van der Waals surface area contributed by atoms with Crippen LogP contribution in [-0.4, -0.2) is 37.4 Å². The van der Waals surface area contributed by atoms with E-state index in [1.54, 1.807) is 38.4 Å². The normalized spacial score (nSPS) is 9.77. The number of nitrogens with two attached hydrogens (primary N) is 1. The number of nitrogens with zero attached hydrogens (tertiary/aromatic N) is 1. The molecule has 0 saturated carbocycles. The van der Waals surface area contributed by atoms with Crippen molar-refractivity contribution >= 4 is 35.6 Å². The number of nitrogen functional groups attached to an aromatic ring is 1. The first-order valence-electron chi connectivity index (χ1n) is 8.02. The lowest BCUT2D eigenvalue weighted by Crippen LogP contribution is -2.27. The summed E-state index contributed by atoms with van der Waals surface area (Å²) in [5, 5.41) is 2.83. The van der Waals surface area contributed by atoms with E-state index in [1.807, 2.05) is 24.3 Å². The number of nitrogens with one attached hydrogen (secondary N) is 1. The zero-order valence-electron chi connectivity index (χ0n) is 14.9. The Bertz CT molecular complexity index is 750. The van der Waals surface area contributed by atoms with E-state index in [-0.39, 0.29) is 30.8 Å². The molecule has 0 saturated heterocycles. The van der Waals surface area contributed by atoms with Crippen LogP contribution in [0.15, 0.2) is 48.5 Å². The summed E-state index contributed by atoms with van der Waals surface area (Å²) >= 11 is 0. The highest BCUT2D eigenvalue weighted by Crippen LogP contribution is 2.18. The third-order valence-electron chi connectivity index (χ3n) is 3.66. The van der Waals surface area contributed by atoms with E-state index in [2.05, 4.69) is 5.32 Å². The highest BCUT2D eigenvalue weighted by molar-refractivity contribution is 5.91. The molecule has 0 spiro atoms. The fourth-order valence-corrected chi connectivity index (χ4v) is 2.17. The molecule has 0 unspecified atom stereocenters. The molecule has 0 heterocycles. The van der Waals surface area contributed by atoms with Gasteiger partial charge in [-0.25, -0.2) is 0 Å². The molecule has 0 aliphatic carbocycles. The van der Waals surface area contributed by atoms with Crippen molar-refractivity contribution in [3.63, 3.8) is 0 Å². The summed E-state index contributed by atoms with van der Waals surface area (Å²) in [6.07, 6.45) is 0.907. The minimum atomic E-state index is -0.130. The van der Waals surface area contributed by atoms with Crippen LogP contribution in [0.2, 0.25) is 0 Å². The summed E-state index contributed by atoms with van der Waals surface area (Å²) in [5.74, 6) is 0.292. The van der Waals surface area contributed by atoms with Crippen molar-refractivity contribution in [3.05, 3.63) is 54.1 Å². The Morgan fingerprint density at radius 2 is 1.85 bits per heavy atom. The smallest absolute Gasteiger partial charge is 0.259 e. The van der Waals surface area contributed by atoms with Crippen molar-refractivity contribution in [1.29, 1.82) is 0 Å². The van der Waals surface area contributed by atoms with Crippen molar-refractivity contribution in [3.8, 4) is 5.75 Å². The molecule has 3 N–H and O–H groups in total. The van der Waals surface area contributed by atoms with Gasteiger partial charge in [-0.3, -0.25) is 9.59 Å². The molecule has 0 aromatic heterocycles. The Balaban J connectivity index is 0.00000338. The van der Waals surface area contributed by atoms with E-state index in [0.29, 0.717) is 30.0 Å².